The van der Waals surface area contributed by atoms with Crippen LogP contribution in [0.5, 0.6) is 0 Å². The van der Waals surface area contributed by atoms with Gasteiger partial charge in [0.05, 0.1) is 20.6 Å². The van der Waals surface area contributed by atoms with Crippen molar-refractivity contribution < 1.29 is 8.42 Å². The highest BCUT2D eigenvalue weighted by molar-refractivity contribution is 7.89. The van der Waals surface area contributed by atoms with Gasteiger partial charge >= 0.3 is 0 Å². The van der Waals surface area contributed by atoms with Gasteiger partial charge < -0.3 is 4.90 Å². The van der Waals surface area contributed by atoms with Crippen molar-refractivity contribution in [2.75, 3.05) is 31.1 Å². The zero-order chi connectivity index (χ0) is 22.2. The number of anilines is 1. The van der Waals surface area contributed by atoms with E-state index < -0.39 is 10.0 Å². The summed E-state index contributed by atoms with van der Waals surface area (Å²) in [5.74, 6) is 0.736. The van der Waals surface area contributed by atoms with Crippen molar-refractivity contribution in [2.45, 2.75) is 18.7 Å². The van der Waals surface area contributed by atoms with Crippen LogP contribution >= 0.6 is 23.2 Å². The normalized spacial score (nSPS) is 15.3. The maximum Gasteiger partial charge on any atom is 0.243 e. The van der Waals surface area contributed by atoms with Crippen LogP contribution in [-0.2, 0) is 10.0 Å². The maximum absolute atomic E-state index is 12.9. The van der Waals surface area contributed by atoms with Crippen LogP contribution in [-0.4, -0.2) is 49.1 Å². The first kappa shape index (κ1) is 22.0. The summed E-state index contributed by atoms with van der Waals surface area (Å²) in [4.78, 5) is 2.19. The number of halogens is 2. The molecule has 1 saturated heterocycles. The van der Waals surface area contributed by atoms with Crippen molar-refractivity contribution in [3.05, 3.63) is 69.7 Å². The zero-order valence-electron chi connectivity index (χ0n) is 17.2. The van der Waals surface area contributed by atoms with Crippen molar-refractivity contribution in [2.24, 2.45) is 0 Å². The highest BCUT2D eigenvalue weighted by Gasteiger charge is 2.29. The lowest BCUT2D eigenvalue weighted by molar-refractivity contribution is 0.383. The molecule has 0 spiro atoms. The van der Waals surface area contributed by atoms with Crippen LogP contribution in [0.25, 0.3) is 11.3 Å². The van der Waals surface area contributed by atoms with Gasteiger partial charge in [0.2, 0.25) is 10.0 Å². The van der Waals surface area contributed by atoms with Crippen LogP contribution in [0, 0.1) is 13.8 Å². The Morgan fingerprint density at radius 1 is 0.839 bits per heavy atom. The summed E-state index contributed by atoms with van der Waals surface area (Å²) in [6.07, 6.45) is 0. The van der Waals surface area contributed by atoms with Gasteiger partial charge in [0.15, 0.2) is 5.82 Å². The Morgan fingerprint density at radius 3 is 2.19 bits per heavy atom. The van der Waals surface area contributed by atoms with Gasteiger partial charge in [-0.1, -0.05) is 47.0 Å². The number of benzene rings is 2. The third kappa shape index (κ3) is 4.55. The minimum absolute atomic E-state index is 0.146. The van der Waals surface area contributed by atoms with Crippen molar-refractivity contribution in [1.82, 2.24) is 14.5 Å². The Morgan fingerprint density at radius 2 is 1.58 bits per heavy atom. The molecular formula is C22H22Cl2N4O2S. The number of hydrogen-bond acceptors (Lipinski definition) is 5. The zero-order valence-corrected chi connectivity index (χ0v) is 19.5. The number of piperazine rings is 1. The van der Waals surface area contributed by atoms with Crippen LogP contribution in [0.15, 0.2) is 53.4 Å². The first-order chi connectivity index (χ1) is 14.8. The molecule has 1 aliphatic heterocycles. The van der Waals surface area contributed by atoms with Gasteiger partial charge in [-0.05, 0) is 49.7 Å². The molecule has 0 atom stereocenters. The second-order valence-electron chi connectivity index (χ2n) is 7.56. The Balaban J connectivity index is 1.45. The topological polar surface area (TPSA) is 66.4 Å². The number of hydrogen-bond donors (Lipinski definition) is 0. The minimum atomic E-state index is -3.63. The summed E-state index contributed by atoms with van der Waals surface area (Å²) in [7, 11) is -3.63. The lowest BCUT2D eigenvalue weighted by Crippen LogP contribution is -2.49. The SMILES string of the molecule is Cc1ccc(-c2ccc(N3CCN(S(=O)(=O)c4ccc(Cl)c(Cl)c4)CC3)nn2)c(C)c1. The fraction of sp³-hybridized carbons (Fsp3) is 0.273. The lowest BCUT2D eigenvalue weighted by Gasteiger charge is -2.34. The average Bonchev–Trinajstić information content (AvgIpc) is 2.76. The molecule has 3 aromatic rings. The highest BCUT2D eigenvalue weighted by Crippen LogP contribution is 2.28. The predicted octanol–water partition coefficient (Wildman–Crippen LogP) is 4.58. The predicted molar refractivity (Wildman–Crippen MR) is 124 cm³/mol. The number of aromatic nitrogens is 2. The summed E-state index contributed by atoms with van der Waals surface area (Å²) < 4.78 is 27.3. The van der Waals surface area contributed by atoms with Crippen molar-refractivity contribution in [3.63, 3.8) is 0 Å². The van der Waals surface area contributed by atoms with Gasteiger partial charge in [-0.15, -0.1) is 10.2 Å². The van der Waals surface area contributed by atoms with Crippen LogP contribution in [0.2, 0.25) is 10.0 Å². The Bertz CT molecular complexity index is 1210. The third-order valence-corrected chi connectivity index (χ3v) is 8.03. The summed E-state index contributed by atoms with van der Waals surface area (Å²) >= 11 is 11.9. The van der Waals surface area contributed by atoms with E-state index in [1.54, 1.807) is 0 Å². The smallest absolute Gasteiger partial charge is 0.243 e. The van der Waals surface area contributed by atoms with Gasteiger partial charge in [-0.2, -0.15) is 4.31 Å². The fourth-order valence-electron chi connectivity index (χ4n) is 3.68. The molecule has 0 amide bonds. The minimum Gasteiger partial charge on any atom is -0.352 e. The molecule has 162 valence electrons. The van der Waals surface area contributed by atoms with E-state index in [1.807, 2.05) is 17.0 Å². The first-order valence-electron chi connectivity index (χ1n) is 9.87. The second kappa shape index (κ2) is 8.74. The molecule has 6 nitrogen and oxygen atoms in total. The van der Waals surface area contributed by atoms with E-state index in [-0.39, 0.29) is 9.92 Å². The van der Waals surface area contributed by atoms with Crippen LogP contribution in [0.4, 0.5) is 5.82 Å². The van der Waals surface area contributed by atoms with Crippen LogP contribution < -0.4 is 4.90 Å². The number of sulfonamides is 1. The molecule has 0 radical (unpaired) electrons. The van der Waals surface area contributed by atoms with E-state index in [2.05, 4.69) is 42.2 Å². The molecule has 0 saturated carbocycles. The van der Waals surface area contributed by atoms with E-state index in [0.717, 1.165) is 22.6 Å². The number of rotatable bonds is 4. The molecule has 0 aliphatic carbocycles. The largest absolute Gasteiger partial charge is 0.352 e. The molecule has 4 rings (SSSR count). The molecule has 2 heterocycles. The third-order valence-electron chi connectivity index (χ3n) is 5.40. The fourth-order valence-corrected chi connectivity index (χ4v) is 5.49. The van der Waals surface area contributed by atoms with Crippen LogP contribution in [0.1, 0.15) is 11.1 Å². The Kier molecular flexibility index (Phi) is 6.21. The van der Waals surface area contributed by atoms with Crippen molar-refractivity contribution in [1.29, 1.82) is 0 Å². The Hall–Kier alpha value is -2.19. The number of nitrogens with zero attached hydrogens (tertiary/aromatic N) is 4. The molecule has 0 N–H and O–H groups in total. The molecule has 0 unspecified atom stereocenters. The van der Waals surface area contributed by atoms with Gasteiger partial charge in [0.1, 0.15) is 0 Å². The van der Waals surface area contributed by atoms with Crippen LogP contribution in [0.3, 0.4) is 0 Å². The monoisotopic (exact) mass is 476 g/mol. The Labute approximate surface area is 192 Å². The molecular weight excluding hydrogens is 455 g/mol. The lowest BCUT2D eigenvalue weighted by atomic mass is 10.0. The standard InChI is InChI=1S/C22H22Cl2N4O2S/c1-15-3-5-18(16(2)13-15)21-7-8-22(26-25-21)27-9-11-28(12-10-27)31(29,30)17-4-6-19(23)20(24)14-17/h3-8,13-14H,9-12H2,1-2H3. The van der Waals surface area contributed by atoms with Gasteiger partial charge in [0, 0.05) is 31.7 Å². The molecule has 1 fully saturated rings. The maximum atomic E-state index is 12.9. The first-order valence-corrected chi connectivity index (χ1v) is 12.1. The van der Waals surface area contributed by atoms with Crippen molar-refractivity contribution >= 4 is 39.0 Å². The van der Waals surface area contributed by atoms with Gasteiger partial charge in [0.25, 0.3) is 0 Å². The number of aryl methyl sites for hydroxylation is 2. The summed E-state index contributed by atoms with van der Waals surface area (Å²) in [5, 5.41) is 9.33. The van der Waals surface area contributed by atoms with E-state index in [1.165, 1.54) is 28.1 Å². The van der Waals surface area contributed by atoms with E-state index in [0.29, 0.717) is 31.2 Å². The molecule has 0 bridgehead atoms. The molecule has 1 aromatic heterocycles. The molecule has 2 aromatic carbocycles. The van der Waals surface area contributed by atoms with Crippen molar-refractivity contribution in [3.8, 4) is 11.3 Å². The second-order valence-corrected chi connectivity index (χ2v) is 10.3. The molecule has 1 aliphatic rings. The molecule has 31 heavy (non-hydrogen) atoms. The van der Waals surface area contributed by atoms with Gasteiger partial charge in [-0.25, -0.2) is 8.42 Å². The summed E-state index contributed by atoms with van der Waals surface area (Å²) in [5.41, 5.74) is 4.24. The average molecular weight is 477 g/mol. The van der Waals surface area contributed by atoms with Gasteiger partial charge in [-0.3, -0.25) is 0 Å². The molecule has 9 heteroatoms. The van der Waals surface area contributed by atoms with E-state index in [9.17, 15) is 8.42 Å². The van der Waals surface area contributed by atoms with E-state index >= 15 is 0 Å². The van der Waals surface area contributed by atoms with E-state index in [4.69, 9.17) is 23.2 Å². The summed E-state index contributed by atoms with van der Waals surface area (Å²) in [6, 6.07) is 14.5. The highest BCUT2D eigenvalue weighted by atomic mass is 35.5. The quantitative estimate of drug-likeness (QED) is 0.551. The summed E-state index contributed by atoms with van der Waals surface area (Å²) in [6.45, 7) is 5.88.